The molecule has 2 amide bonds. The van der Waals surface area contributed by atoms with E-state index in [1.165, 1.54) is 11.3 Å². The van der Waals surface area contributed by atoms with E-state index in [4.69, 9.17) is 11.6 Å². The number of amides is 2. The van der Waals surface area contributed by atoms with Gasteiger partial charge in [-0.05, 0) is 36.6 Å². The highest BCUT2D eigenvalue weighted by Gasteiger charge is 2.22. The summed E-state index contributed by atoms with van der Waals surface area (Å²) in [5, 5.41) is 8.33. The summed E-state index contributed by atoms with van der Waals surface area (Å²) in [6.07, 6.45) is 0. The van der Waals surface area contributed by atoms with Crippen molar-refractivity contribution in [3.05, 3.63) is 51.2 Å². The zero-order valence-corrected chi connectivity index (χ0v) is 16.0. The normalized spacial score (nSPS) is 16.9. The van der Waals surface area contributed by atoms with Crippen LogP contribution in [0.25, 0.3) is 0 Å². The molecule has 2 aromatic rings. The smallest absolute Gasteiger partial charge is 0.265 e. The van der Waals surface area contributed by atoms with E-state index in [-0.39, 0.29) is 30.3 Å². The summed E-state index contributed by atoms with van der Waals surface area (Å²) >= 11 is 7.52. The monoisotopic (exact) mass is 399 g/mol. The van der Waals surface area contributed by atoms with Crippen LogP contribution in [0.4, 0.5) is 5.69 Å². The predicted molar refractivity (Wildman–Crippen MR) is 104 cm³/mol. The molecule has 1 aromatic heterocycles. The number of carbonyl (C=O) groups is 2. The minimum atomic E-state index is -0.229. The fourth-order valence-corrected chi connectivity index (χ4v) is 3.43. The Morgan fingerprint density at radius 1 is 1.36 bits per heavy atom. The summed E-state index contributed by atoms with van der Waals surface area (Å²) in [5.41, 5.74) is 0.971. The Kier molecular flexibility index (Phi) is 6.84. The number of hydrogen-bond donors (Lipinski definition) is 2. The first kappa shape index (κ1) is 19.7. The molecular formula is C17H19Cl2N3O2S. The molecule has 134 valence electrons. The minimum absolute atomic E-state index is 0. The van der Waals surface area contributed by atoms with Crippen LogP contribution in [-0.2, 0) is 0 Å². The van der Waals surface area contributed by atoms with Crippen molar-refractivity contribution in [2.45, 2.75) is 13.0 Å². The second-order valence-electron chi connectivity index (χ2n) is 5.73. The number of anilines is 1. The Bertz CT molecular complexity index is 752. The van der Waals surface area contributed by atoms with E-state index >= 15 is 0 Å². The van der Waals surface area contributed by atoms with Gasteiger partial charge >= 0.3 is 0 Å². The van der Waals surface area contributed by atoms with Crippen LogP contribution < -0.4 is 10.6 Å². The van der Waals surface area contributed by atoms with E-state index in [2.05, 4.69) is 10.6 Å². The first-order chi connectivity index (χ1) is 11.5. The third-order valence-electron chi connectivity index (χ3n) is 3.86. The van der Waals surface area contributed by atoms with Crippen LogP contribution in [0.1, 0.15) is 27.0 Å². The summed E-state index contributed by atoms with van der Waals surface area (Å²) < 4.78 is 0. The number of piperazine rings is 1. The zero-order chi connectivity index (χ0) is 17.1. The molecule has 1 aromatic carbocycles. The number of thiophene rings is 1. The van der Waals surface area contributed by atoms with Crippen LogP contribution in [-0.4, -0.2) is 42.4 Å². The molecule has 1 atom stereocenters. The van der Waals surface area contributed by atoms with Crippen molar-refractivity contribution in [3.63, 3.8) is 0 Å². The van der Waals surface area contributed by atoms with Gasteiger partial charge in [-0.1, -0.05) is 17.7 Å². The van der Waals surface area contributed by atoms with Gasteiger partial charge < -0.3 is 15.5 Å². The zero-order valence-electron chi connectivity index (χ0n) is 13.6. The Labute approximate surface area is 161 Å². The van der Waals surface area contributed by atoms with E-state index < -0.39 is 0 Å². The van der Waals surface area contributed by atoms with Crippen LogP contribution in [0.3, 0.4) is 0 Å². The number of benzene rings is 1. The van der Waals surface area contributed by atoms with Gasteiger partial charge in [-0.3, -0.25) is 9.59 Å². The Hall–Kier alpha value is -1.60. The molecule has 0 bridgehead atoms. The summed E-state index contributed by atoms with van der Waals surface area (Å²) in [4.78, 5) is 27.3. The molecule has 3 rings (SSSR count). The Morgan fingerprint density at radius 3 is 2.84 bits per heavy atom. The maximum absolute atomic E-state index is 12.7. The minimum Gasteiger partial charge on any atom is -0.336 e. The van der Waals surface area contributed by atoms with Crippen LogP contribution in [0.2, 0.25) is 5.02 Å². The summed E-state index contributed by atoms with van der Waals surface area (Å²) in [7, 11) is 0. The summed E-state index contributed by atoms with van der Waals surface area (Å²) in [6, 6.07) is 8.80. The van der Waals surface area contributed by atoms with Crippen LogP contribution in [0, 0.1) is 0 Å². The van der Waals surface area contributed by atoms with E-state index in [1.54, 1.807) is 24.3 Å². The van der Waals surface area contributed by atoms with Crippen molar-refractivity contribution in [1.82, 2.24) is 10.2 Å². The Balaban J connectivity index is 0.00000225. The predicted octanol–water partition coefficient (Wildman–Crippen LogP) is 3.51. The van der Waals surface area contributed by atoms with Crippen molar-refractivity contribution < 1.29 is 9.59 Å². The number of nitrogens with zero attached hydrogens (tertiary/aromatic N) is 1. The maximum Gasteiger partial charge on any atom is 0.265 e. The Morgan fingerprint density at radius 2 is 2.16 bits per heavy atom. The van der Waals surface area contributed by atoms with E-state index in [0.717, 1.165) is 6.54 Å². The number of hydrogen-bond acceptors (Lipinski definition) is 4. The summed E-state index contributed by atoms with van der Waals surface area (Å²) in [5.74, 6) is -0.279. The van der Waals surface area contributed by atoms with E-state index in [9.17, 15) is 9.59 Å². The van der Waals surface area contributed by atoms with Gasteiger partial charge in [-0.2, -0.15) is 0 Å². The second-order valence-corrected chi connectivity index (χ2v) is 7.09. The maximum atomic E-state index is 12.7. The number of halogens is 2. The van der Waals surface area contributed by atoms with Crippen LogP contribution in [0.15, 0.2) is 35.7 Å². The molecule has 25 heavy (non-hydrogen) atoms. The molecule has 1 fully saturated rings. The molecule has 2 N–H and O–H groups in total. The van der Waals surface area contributed by atoms with Gasteiger partial charge in [0, 0.05) is 31.2 Å². The molecule has 1 saturated heterocycles. The molecule has 1 aliphatic heterocycles. The average molecular weight is 400 g/mol. The lowest BCUT2D eigenvalue weighted by Gasteiger charge is -2.32. The SMILES string of the molecule is CC1CN(C(=O)c2ccc(Cl)c(NC(=O)c3cccs3)c2)CCN1.Cl. The van der Waals surface area contributed by atoms with Crippen LogP contribution in [0.5, 0.6) is 0 Å². The second kappa shape index (κ2) is 8.67. The van der Waals surface area contributed by atoms with Gasteiger partial charge in [0.15, 0.2) is 0 Å². The summed E-state index contributed by atoms with van der Waals surface area (Å²) in [6.45, 7) is 4.16. The molecule has 5 nitrogen and oxygen atoms in total. The lowest BCUT2D eigenvalue weighted by molar-refractivity contribution is 0.0709. The van der Waals surface area contributed by atoms with Crippen molar-refractivity contribution in [2.24, 2.45) is 0 Å². The molecule has 1 unspecified atom stereocenters. The van der Waals surface area contributed by atoms with Gasteiger partial charge in [0.2, 0.25) is 0 Å². The lowest BCUT2D eigenvalue weighted by atomic mass is 10.1. The quantitative estimate of drug-likeness (QED) is 0.829. The molecule has 8 heteroatoms. The van der Waals surface area contributed by atoms with Crippen LogP contribution >= 0.6 is 35.3 Å². The molecule has 0 spiro atoms. The molecule has 0 aliphatic carbocycles. The molecule has 0 radical (unpaired) electrons. The standard InChI is InChI=1S/C17H18ClN3O2S.ClH/c1-11-10-21(7-6-19-11)17(23)12-4-5-13(18)14(9-12)20-16(22)15-3-2-8-24-15;/h2-5,8-9,11,19H,6-7,10H2,1H3,(H,20,22);1H. The van der Waals surface area contributed by atoms with Crippen molar-refractivity contribution in [2.75, 3.05) is 25.0 Å². The van der Waals surface area contributed by atoms with Gasteiger partial charge in [0.25, 0.3) is 11.8 Å². The first-order valence-electron chi connectivity index (χ1n) is 7.71. The van der Waals surface area contributed by atoms with Crippen molar-refractivity contribution >= 4 is 52.8 Å². The van der Waals surface area contributed by atoms with Gasteiger partial charge in [-0.15, -0.1) is 23.7 Å². The highest BCUT2D eigenvalue weighted by molar-refractivity contribution is 7.12. The van der Waals surface area contributed by atoms with Gasteiger partial charge in [-0.25, -0.2) is 0 Å². The average Bonchev–Trinajstić information content (AvgIpc) is 3.11. The molecule has 2 heterocycles. The van der Waals surface area contributed by atoms with E-state index in [1.807, 2.05) is 23.3 Å². The highest BCUT2D eigenvalue weighted by Crippen LogP contribution is 2.25. The third-order valence-corrected chi connectivity index (χ3v) is 5.06. The first-order valence-corrected chi connectivity index (χ1v) is 8.97. The molecule has 1 aliphatic rings. The van der Waals surface area contributed by atoms with Gasteiger partial charge in [0.1, 0.15) is 0 Å². The van der Waals surface area contributed by atoms with Gasteiger partial charge in [0.05, 0.1) is 15.6 Å². The number of nitrogens with one attached hydrogen (secondary N) is 2. The largest absolute Gasteiger partial charge is 0.336 e. The van der Waals surface area contributed by atoms with Crippen molar-refractivity contribution in [3.8, 4) is 0 Å². The fourth-order valence-electron chi connectivity index (χ4n) is 2.65. The highest BCUT2D eigenvalue weighted by atomic mass is 35.5. The van der Waals surface area contributed by atoms with Crippen molar-refractivity contribution in [1.29, 1.82) is 0 Å². The topological polar surface area (TPSA) is 61.4 Å². The fraction of sp³-hybridized carbons (Fsp3) is 0.294. The third kappa shape index (κ3) is 4.73. The number of rotatable bonds is 3. The van der Waals surface area contributed by atoms with E-state index in [0.29, 0.717) is 34.2 Å². The lowest BCUT2D eigenvalue weighted by Crippen LogP contribution is -2.51. The number of carbonyl (C=O) groups excluding carboxylic acids is 2. The molecular weight excluding hydrogens is 381 g/mol. The molecule has 0 saturated carbocycles.